The summed E-state index contributed by atoms with van der Waals surface area (Å²) in [5.74, 6) is -0.0572. The van der Waals surface area contributed by atoms with Crippen LogP contribution in [-0.2, 0) is 4.79 Å². The van der Waals surface area contributed by atoms with Gasteiger partial charge in [0.25, 0.3) is 5.91 Å². The Bertz CT molecular complexity index is 1540. The van der Waals surface area contributed by atoms with Gasteiger partial charge in [-0.1, -0.05) is 48.0 Å². The summed E-state index contributed by atoms with van der Waals surface area (Å²) in [4.78, 5) is 28.0. The van der Waals surface area contributed by atoms with Crippen molar-refractivity contribution in [1.29, 1.82) is 0 Å². The monoisotopic (exact) mass is 512 g/mol. The molecule has 0 radical (unpaired) electrons. The predicted octanol–water partition coefficient (Wildman–Crippen LogP) is 6.69. The second-order valence-electron chi connectivity index (χ2n) is 8.32. The van der Waals surface area contributed by atoms with Crippen molar-refractivity contribution in [3.05, 3.63) is 101 Å². The fourth-order valence-corrected chi connectivity index (χ4v) is 5.65. The summed E-state index contributed by atoms with van der Waals surface area (Å²) in [6.45, 7) is 3.95. The largest absolute Gasteiger partial charge is 0.325 e. The van der Waals surface area contributed by atoms with Gasteiger partial charge >= 0.3 is 0 Å². The van der Waals surface area contributed by atoms with Crippen molar-refractivity contribution >= 4 is 56.5 Å². The molecule has 0 aliphatic rings. The normalized spacial score (nSPS) is 10.9. The third-order valence-electron chi connectivity index (χ3n) is 5.60. The van der Waals surface area contributed by atoms with Gasteiger partial charge in [0.15, 0.2) is 0 Å². The molecular formula is C28H24N4O2S2. The predicted molar refractivity (Wildman–Crippen MR) is 149 cm³/mol. The Kier molecular flexibility index (Phi) is 6.88. The topological polar surface area (TPSA) is 76.0 Å². The number of benzene rings is 3. The molecule has 0 bridgehead atoms. The van der Waals surface area contributed by atoms with Crippen LogP contribution in [-0.4, -0.2) is 27.3 Å². The summed E-state index contributed by atoms with van der Waals surface area (Å²) in [5, 5.41) is 11.5. The second kappa shape index (κ2) is 10.4. The molecule has 180 valence electrons. The quantitative estimate of drug-likeness (QED) is 0.238. The summed E-state index contributed by atoms with van der Waals surface area (Å²) in [7, 11) is 0. The number of carbonyl (C=O) groups is 2. The first kappa shape index (κ1) is 23.8. The number of amides is 2. The Morgan fingerprint density at radius 3 is 2.42 bits per heavy atom. The second-order valence-corrected chi connectivity index (χ2v) is 10.4. The minimum absolute atomic E-state index is 0.101. The first-order valence-corrected chi connectivity index (χ1v) is 13.2. The molecule has 8 heteroatoms. The maximum Gasteiger partial charge on any atom is 0.265 e. The number of nitrogens with one attached hydrogen (secondary N) is 2. The van der Waals surface area contributed by atoms with Gasteiger partial charge in [-0.3, -0.25) is 9.59 Å². The molecule has 0 aliphatic heterocycles. The first-order valence-electron chi connectivity index (χ1n) is 11.4. The van der Waals surface area contributed by atoms with E-state index in [0.29, 0.717) is 10.6 Å². The average molecular weight is 513 g/mol. The molecule has 2 aromatic heterocycles. The van der Waals surface area contributed by atoms with E-state index in [1.54, 1.807) is 0 Å². The molecule has 0 unspecified atom stereocenters. The smallest absolute Gasteiger partial charge is 0.265 e. The van der Waals surface area contributed by atoms with Crippen molar-refractivity contribution < 1.29 is 9.59 Å². The van der Waals surface area contributed by atoms with Gasteiger partial charge in [-0.2, -0.15) is 5.10 Å². The Morgan fingerprint density at radius 2 is 1.64 bits per heavy atom. The molecule has 0 atom stereocenters. The van der Waals surface area contributed by atoms with Crippen molar-refractivity contribution in [1.82, 2.24) is 9.78 Å². The van der Waals surface area contributed by atoms with Gasteiger partial charge < -0.3 is 10.6 Å². The van der Waals surface area contributed by atoms with Crippen molar-refractivity contribution in [2.75, 3.05) is 16.4 Å². The standard InChI is InChI=1S/C28H24N4O2S2/c1-18-12-14-20(15-13-18)29-26(33)17-35-24-11-7-6-10-23(24)30-27(34)25-16-22-19(2)31-32(28(22)36-25)21-8-4-3-5-9-21/h3-16H,17H2,1-2H3,(H,29,33)(H,30,34). The van der Waals surface area contributed by atoms with Crippen LogP contribution in [0.15, 0.2) is 89.8 Å². The molecule has 2 N–H and O–H groups in total. The summed E-state index contributed by atoms with van der Waals surface area (Å²) >= 11 is 2.80. The van der Waals surface area contributed by atoms with Crippen LogP contribution in [0.5, 0.6) is 0 Å². The highest BCUT2D eigenvalue weighted by Crippen LogP contribution is 2.32. The number of aryl methyl sites for hydroxylation is 2. The molecule has 2 amide bonds. The molecule has 6 nitrogen and oxygen atoms in total. The molecular weight excluding hydrogens is 488 g/mol. The number of carbonyl (C=O) groups excluding carboxylic acids is 2. The van der Waals surface area contributed by atoms with Crippen molar-refractivity contribution in [2.45, 2.75) is 18.7 Å². The van der Waals surface area contributed by atoms with Crippen molar-refractivity contribution in [3.8, 4) is 5.69 Å². The van der Waals surface area contributed by atoms with Gasteiger partial charge in [0.1, 0.15) is 4.83 Å². The number of aromatic nitrogens is 2. The molecule has 36 heavy (non-hydrogen) atoms. The number of fused-ring (bicyclic) bond motifs is 1. The van der Waals surface area contributed by atoms with Crippen molar-refractivity contribution in [3.63, 3.8) is 0 Å². The third kappa shape index (κ3) is 5.19. The number of thiophene rings is 1. The molecule has 2 heterocycles. The molecule has 0 spiro atoms. The Hall–Kier alpha value is -3.88. The van der Waals surface area contributed by atoms with Crippen LogP contribution in [0.3, 0.4) is 0 Å². The molecule has 0 fully saturated rings. The number of nitrogens with zero attached hydrogens (tertiary/aromatic N) is 2. The lowest BCUT2D eigenvalue weighted by molar-refractivity contribution is -0.113. The van der Waals surface area contributed by atoms with E-state index in [0.717, 1.165) is 37.7 Å². The number of rotatable bonds is 7. The first-order chi connectivity index (χ1) is 17.5. The number of hydrogen-bond acceptors (Lipinski definition) is 5. The van der Waals surface area contributed by atoms with Gasteiger partial charge in [0.05, 0.1) is 27.7 Å². The van der Waals surface area contributed by atoms with E-state index < -0.39 is 0 Å². The fraction of sp³-hybridized carbons (Fsp3) is 0.107. The SMILES string of the molecule is Cc1ccc(NC(=O)CSc2ccccc2NC(=O)c2cc3c(C)nn(-c4ccccc4)c3s2)cc1. The number of thioether (sulfide) groups is 1. The number of para-hydroxylation sites is 2. The lowest BCUT2D eigenvalue weighted by atomic mass is 10.2. The summed E-state index contributed by atoms with van der Waals surface area (Å²) in [6, 6.07) is 27.0. The third-order valence-corrected chi connectivity index (χ3v) is 7.78. The Balaban J connectivity index is 1.30. The van der Waals surface area contributed by atoms with Crippen LogP contribution < -0.4 is 10.6 Å². The molecule has 0 saturated heterocycles. The van der Waals surface area contributed by atoms with Crippen LogP contribution in [0.25, 0.3) is 15.9 Å². The lowest BCUT2D eigenvalue weighted by Gasteiger charge is -2.10. The highest BCUT2D eigenvalue weighted by molar-refractivity contribution is 8.00. The van der Waals surface area contributed by atoms with E-state index in [-0.39, 0.29) is 17.6 Å². The Labute approximate surface area is 217 Å². The number of hydrogen-bond donors (Lipinski definition) is 2. The minimum atomic E-state index is -0.188. The number of anilines is 2. The van der Waals surface area contributed by atoms with E-state index in [2.05, 4.69) is 15.7 Å². The zero-order chi connectivity index (χ0) is 25.1. The van der Waals surface area contributed by atoms with E-state index >= 15 is 0 Å². The fourth-order valence-electron chi connectivity index (χ4n) is 3.76. The summed E-state index contributed by atoms with van der Waals surface area (Å²) in [6.07, 6.45) is 0. The zero-order valence-electron chi connectivity index (χ0n) is 19.8. The van der Waals surface area contributed by atoms with E-state index in [9.17, 15) is 9.59 Å². The van der Waals surface area contributed by atoms with Gasteiger partial charge in [-0.15, -0.1) is 23.1 Å². The minimum Gasteiger partial charge on any atom is -0.325 e. The lowest BCUT2D eigenvalue weighted by Crippen LogP contribution is -2.14. The average Bonchev–Trinajstić information content (AvgIpc) is 3.46. The zero-order valence-corrected chi connectivity index (χ0v) is 21.5. The Morgan fingerprint density at radius 1 is 0.917 bits per heavy atom. The van der Waals surface area contributed by atoms with Gasteiger partial charge in [0, 0.05) is 16.0 Å². The van der Waals surface area contributed by atoms with E-state index in [1.165, 1.54) is 23.1 Å². The van der Waals surface area contributed by atoms with E-state index in [1.807, 2.05) is 103 Å². The highest BCUT2D eigenvalue weighted by atomic mass is 32.2. The van der Waals surface area contributed by atoms with Crippen LogP contribution in [0, 0.1) is 13.8 Å². The highest BCUT2D eigenvalue weighted by Gasteiger charge is 2.18. The summed E-state index contributed by atoms with van der Waals surface area (Å²) in [5.41, 5.74) is 4.41. The van der Waals surface area contributed by atoms with Crippen molar-refractivity contribution in [2.24, 2.45) is 0 Å². The van der Waals surface area contributed by atoms with Crippen LogP contribution in [0.1, 0.15) is 20.9 Å². The molecule has 5 aromatic rings. The van der Waals surface area contributed by atoms with Crippen LogP contribution >= 0.6 is 23.1 Å². The van der Waals surface area contributed by atoms with Gasteiger partial charge in [-0.05, 0) is 56.3 Å². The molecule has 0 aliphatic carbocycles. The maximum atomic E-state index is 13.2. The van der Waals surface area contributed by atoms with Gasteiger partial charge in [0.2, 0.25) is 5.91 Å². The molecule has 0 saturated carbocycles. The molecule has 3 aromatic carbocycles. The molecule has 5 rings (SSSR count). The van der Waals surface area contributed by atoms with E-state index in [4.69, 9.17) is 0 Å². The van der Waals surface area contributed by atoms with Crippen LogP contribution in [0.4, 0.5) is 11.4 Å². The summed E-state index contributed by atoms with van der Waals surface area (Å²) < 4.78 is 1.88. The van der Waals surface area contributed by atoms with Gasteiger partial charge in [-0.25, -0.2) is 4.68 Å². The maximum absolute atomic E-state index is 13.2. The van der Waals surface area contributed by atoms with Crippen LogP contribution in [0.2, 0.25) is 0 Å².